The molecule has 0 unspecified atom stereocenters. The second-order valence-electron chi connectivity index (χ2n) is 6.08. The summed E-state index contributed by atoms with van der Waals surface area (Å²) < 4.78 is 0. The highest BCUT2D eigenvalue weighted by Crippen LogP contribution is 2.17. The van der Waals surface area contributed by atoms with E-state index < -0.39 is 0 Å². The molecule has 1 atom stereocenters. The Morgan fingerprint density at radius 3 is 2.08 bits per heavy atom. The van der Waals surface area contributed by atoms with E-state index in [9.17, 15) is 9.59 Å². The van der Waals surface area contributed by atoms with Crippen molar-refractivity contribution in [2.45, 2.75) is 18.9 Å². The Hall–Kier alpha value is -2.04. The standard InChI is InChI=1S/C19H18Cl2N2O2/c20-15-7-3-13(4-8-15)18(24)22-17-2-1-11-23(12-17)19(25)14-5-9-16(21)10-6-14/h3-10,17H,1-2,11-12H2,(H,22,24)/t17-/m1/s1. The molecule has 4 nitrogen and oxygen atoms in total. The topological polar surface area (TPSA) is 49.4 Å². The van der Waals surface area contributed by atoms with E-state index in [1.54, 1.807) is 53.4 Å². The summed E-state index contributed by atoms with van der Waals surface area (Å²) in [5.74, 6) is -0.190. The quantitative estimate of drug-likeness (QED) is 0.878. The summed E-state index contributed by atoms with van der Waals surface area (Å²) in [4.78, 5) is 26.7. The van der Waals surface area contributed by atoms with Crippen LogP contribution in [0.2, 0.25) is 10.0 Å². The van der Waals surface area contributed by atoms with E-state index >= 15 is 0 Å². The van der Waals surface area contributed by atoms with Crippen molar-refractivity contribution in [1.82, 2.24) is 10.2 Å². The summed E-state index contributed by atoms with van der Waals surface area (Å²) in [6.45, 7) is 1.19. The third-order valence-corrected chi connectivity index (χ3v) is 4.75. The normalized spacial score (nSPS) is 17.2. The zero-order chi connectivity index (χ0) is 17.8. The molecule has 0 saturated carbocycles. The summed E-state index contributed by atoms with van der Waals surface area (Å²) in [6.07, 6.45) is 1.70. The van der Waals surface area contributed by atoms with Crippen LogP contribution in [0.5, 0.6) is 0 Å². The molecule has 2 aromatic rings. The van der Waals surface area contributed by atoms with Crippen LogP contribution in [-0.4, -0.2) is 35.8 Å². The van der Waals surface area contributed by atoms with Gasteiger partial charge in [-0.1, -0.05) is 23.2 Å². The number of nitrogens with one attached hydrogen (secondary N) is 1. The fraction of sp³-hybridized carbons (Fsp3) is 0.263. The maximum atomic E-state index is 12.6. The third-order valence-electron chi connectivity index (χ3n) is 4.24. The maximum absolute atomic E-state index is 12.6. The number of piperidine rings is 1. The van der Waals surface area contributed by atoms with Crippen molar-refractivity contribution in [1.29, 1.82) is 0 Å². The lowest BCUT2D eigenvalue weighted by atomic mass is 10.0. The third kappa shape index (κ3) is 4.53. The molecule has 1 N–H and O–H groups in total. The molecule has 1 heterocycles. The molecule has 0 aromatic heterocycles. The largest absolute Gasteiger partial charge is 0.348 e. The Bertz CT molecular complexity index is 760. The van der Waals surface area contributed by atoms with Crippen LogP contribution in [0, 0.1) is 0 Å². The summed E-state index contributed by atoms with van der Waals surface area (Å²) in [5, 5.41) is 4.19. The van der Waals surface area contributed by atoms with E-state index in [1.165, 1.54) is 0 Å². The SMILES string of the molecule is O=C(N[C@@H]1CCCN(C(=O)c2ccc(Cl)cc2)C1)c1ccc(Cl)cc1. The number of carbonyl (C=O) groups is 2. The predicted octanol–water partition coefficient (Wildman–Crippen LogP) is 4.03. The zero-order valence-electron chi connectivity index (χ0n) is 13.5. The molecule has 1 saturated heterocycles. The van der Waals surface area contributed by atoms with Gasteiger partial charge < -0.3 is 10.2 Å². The molecule has 0 spiro atoms. The van der Waals surface area contributed by atoms with Gasteiger partial charge in [0.05, 0.1) is 0 Å². The Kier molecular flexibility index (Phi) is 5.61. The number of carbonyl (C=O) groups excluding carboxylic acids is 2. The lowest BCUT2D eigenvalue weighted by Crippen LogP contribution is -2.49. The van der Waals surface area contributed by atoms with Crippen LogP contribution in [0.15, 0.2) is 48.5 Å². The van der Waals surface area contributed by atoms with Gasteiger partial charge in [0.15, 0.2) is 0 Å². The van der Waals surface area contributed by atoms with Gasteiger partial charge in [0.1, 0.15) is 0 Å². The summed E-state index contributed by atoms with van der Waals surface area (Å²) in [7, 11) is 0. The van der Waals surface area contributed by atoms with Gasteiger partial charge in [-0.25, -0.2) is 0 Å². The first kappa shape index (κ1) is 17.8. The number of halogens is 2. The number of hydrogen-bond acceptors (Lipinski definition) is 2. The van der Waals surface area contributed by atoms with Gasteiger partial charge in [0.25, 0.3) is 11.8 Å². The Labute approximate surface area is 156 Å². The number of hydrogen-bond donors (Lipinski definition) is 1. The highest BCUT2D eigenvalue weighted by molar-refractivity contribution is 6.31. The number of amides is 2. The Morgan fingerprint density at radius 1 is 0.920 bits per heavy atom. The smallest absolute Gasteiger partial charge is 0.253 e. The first-order valence-corrected chi connectivity index (χ1v) is 8.90. The van der Waals surface area contributed by atoms with Gasteiger partial charge in [-0.05, 0) is 61.4 Å². The first-order chi connectivity index (χ1) is 12.0. The molecule has 1 aliphatic rings. The monoisotopic (exact) mass is 376 g/mol. The molecule has 2 aromatic carbocycles. The fourth-order valence-corrected chi connectivity index (χ4v) is 3.18. The van der Waals surface area contributed by atoms with Crippen LogP contribution in [0.3, 0.4) is 0 Å². The number of likely N-dealkylation sites (tertiary alicyclic amines) is 1. The second-order valence-corrected chi connectivity index (χ2v) is 6.95. The van der Waals surface area contributed by atoms with E-state index in [1.807, 2.05) is 0 Å². The molecule has 0 bridgehead atoms. The van der Waals surface area contributed by atoms with E-state index in [-0.39, 0.29) is 17.9 Å². The van der Waals surface area contributed by atoms with Crippen LogP contribution in [0.4, 0.5) is 0 Å². The highest BCUT2D eigenvalue weighted by Gasteiger charge is 2.25. The van der Waals surface area contributed by atoms with Crippen LogP contribution >= 0.6 is 23.2 Å². The van der Waals surface area contributed by atoms with Crippen LogP contribution in [0.25, 0.3) is 0 Å². The molecule has 1 fully saturated rings. The highest BCUT2D eigenvalue weighted by atomic mass is 35.5. The van der Waals surface area contributed by atoms with Crippen molar-refractivity contribution in [3.8, 4) is 0 Å². The molecule has 0 radical (unpaired) electrons. The fourth-order valence-electron chi connectivity index (χ4n) is 2.92. The van der Waals surface area contributed by atoms with Gasteiger partial charge >= 0.3 is 0 Å². The van der Waals surface area contributed by atoms with E-state index in [4.69, 9.17) is 23.2 Å². The summed E-state index contributed by atoms with van der Waals surface area (Å²) >= 11 is 11.7. The molecule has 6 heteroatoms. The summed E-state index contributed by atoms with van der Waals surface area (Å²) in [6, 6.07) is 13.6. The lowest BCUT2D eigenvalue weighted by Gasteiger charge is -2.33. The number of benzene rings is 2. The maximum Gasteiger partial charge on any atom is 0.253 e. The van der Waals surface area contributed by atoms with Gasteiger partial charge in [-0.15, -0.1) is 0 Å². The first-order valence-electron chi connectivity index (χ1n) is 8.14. The molecule has 2 amide bonds. The average molecular weight is 377 g/mol. The van der Waals surface area contributed by atoms with Crippen molar-refractivity contribution in [2.75, 3.05) is 13.1 Å². The van der Waals surface area contributed by atoms with Gasteiger partial charge in [0, 0.05) is 40.3 Å². The lowest BCUT2D eigenvalue weighted by molar-refractivity contribution is 0.0676. The van der Waals surface area contributed by atoms with Crippen molar-refractivity contribution >= 4 is 35.0 Å². The molecular weight excluding hydrogens is 359 g/mol. The van der Waals surface area contributed by atoms with E-state index in [0.29, 0.717) is 34.3 Å². The molecule has 1 aliphatic heterocycles. The Morgan fingerprint density at radius 2 is 1.48 bits per heavy atom. The molecule has 130 valence electrons. The van der Waals surface area contributed by atoms with Crippen LogP contribution in [-0.2, 0) is 0 Å². The predicted molar refractivity (Wildman–Crippen MR) is 99.3 cm³/mol. The number of rotatable bonds is 3. The zero-order valence-corrected chi connectivity index (χ0v) is 15.1. The van der Waals surface area contributed by atoms with E-state index in [2.05, 4.69) is 5.32 Å². The molecular formula is C19H18Cl2N2O2. The van der Waals surface area contributed by atoms with E-state index in [0.717, 1.165) is 12.8 Å². The summed E-state index contributed by atoms with van der Waals surface area (Å²) in [5.41, 5.74) is 1.17. The van der Waals surface area contributed by atoms with Crippen LogP contribution < -0.4 is 5.32 Å². The van der Waals surface area contributed by atoms with Crippen molar-refractivity contribution in [3.05, 3.63) is 69.7 Å². The average Bonchev–Trinajstić information content (AvgIpc) is 2.62. The van der Waals surface area contributed by atoms with Gasteiger partial charge in [-0.2, -0.15) is 0 Å². The minimum atomic E-state index is -0.151. The van der Waals surface area contributed by atoms with Gasteiger partial charge in [0.2, 0.25) is 0 Å². The van der Waals surface area contributed by atoms with Crippen molar-refractivity contribution in [3.63, 3.8) is 0 Å². The minimum absolute atomic E-state index is 0.0397. The van der Waals surface area contributed by atoms with Crippen molar-refractivity contribution in [2.24, 2.45) is 0 Å². The minimum Gasteiger partial charge on any atom is -0.348 e. The van der Waals surface area contributed by atoms with Gasteiger partial charge in [-0.3, -0.25) is 9.59 Å². The number of nitrogens with zero attached hydrogens (tertiary/aromatic N) is 1. The molecule has 0 aliphatic carbocycles. The van der Waals surface area contributed by atoms with Crippen molar-refractivity contribution < 1.29 is 9.59 Å². The van der Waals surface area contributed by atoms with Crippen LogP contribution in [0.1, 0.15) is 33.6 Å². The second kappa shape index (κ2) is 7.89. The Balaban J connectivity index is 1.62. The molecule has 25 heavy (non-hydrogen) atoms. The molecule has 3 rings (SSSR count).